The summed E-state index contributed by atoms with van der Waals surface area (Å²) in [7, 11) is 0. The van der Waals surface area contributed by atoms with Gasteiger partial charge in [0.2, 0.25) is 5.91 Å². The average Bonchev–Trinajstić information content (AvgIpc) is 3.20. The fourth-order valence-electron chi connectivity index (χ4n) is 4.48. The Morgan fingerprint density at radius 1 is 1.14 bits per heavy atom. The largest absolute Gasteiger partial charge is 0.442 e. The van der Waals surface area contributed by atoms with Gasteiger partial charge in [0.1, 0.15) is 11.8 Å². The summed E-state index contributed by atoms with van der Waals surface area (Å²) < 4.78 is 39.5. The van der Waals surface area contributed by atoms with Crippen LogP contribution in [0.4, 0.5) is 25.0 Å². The molecule has 0 saturated carbocycles. The Morgan fingerprint density at radius 2 is 1.83 bits per heavy atom. The van der Waals surface area contributed by atoms with Gasteiger partial charge in [0.05, 0.1) is 37.3 Å². The third kappa shape index (κ3) is 4.24. The molecule has 1 fully saturated rings. The predicted molar refractivity (Wildman–Crippen MR) is 127 cm³/mol. The summed E-state index contributed by atoms with van der Waals surface area (Å²) in [6.45, 7) is 2.47. The third-order valence-electron chi connectivity index (χ3n) is 6.08. The van der Waals surface area contributed by atoms with Crippen molar-refractivity contribution in [3.05, 3.63) is 50.9 Å². The number of carbonyl (C=O) groups excluding carboxylic acids is 2. The Morgan fingerprint density at radius 3 is 2.51 bits per heavy atom. The molecule has 4 heterocycles. The van der Waals surface area contributed by atoms with Crippen LogP contribution in [0.1, 0.15) is 6.92 Å². The maximum absolute atomic E-state index is 15.2. The molecule has 0 bridgehead atoms. The van der Waals surface area contributed by atoms with Crippen molar-refractivity contribution in [3.63, 3.8) is 0 Å². The number of hydrogen-bond acceptors (Lipinski definition) is 6. The molecule has 1 atom stereocenters. The monoisotopic (exact) mass is 550 g/mol. The minimum absolute atomic E-state index is 0.0251. The van der Waals surface area contributed by atoms with Crippen LogP contribution in [-0.4, -0.2) is 58.6 Å². The van der Waals surface area contributed by atoms with E-state index in [1.54, 1.807) is 21.8 Å². The second-order valence-corrected chi connectivity index (χ2v) is 9.29. The van der Waals surface area contributed by atoms with Gasteiger partial charge in [-0.05, 0) is 22.0 Å². The van der Waals surface area contributed by atoms with Crippen LogP contribution in [0.3, 0.4) is 0 Å². The van der Waals surface area contributed by atoms with E-state index < -0.39 is 23.8 Å². The maximum atomic E-state index is 15.2. The average molecular weight is 551 g/mol. The van der Waals surface area contributed by atoms with Crippen molar-refractivity contribution < 1.29 is 23.1 Å². The number of rotatable bonds is 4. The lowest BCUT2D eigenvalue weighted by Crippen LogP contribution is -2.33. The van der Waals surface area contributed by atoms with Gasteiger partial charge in [-0.15, -0.1) is 0 Å². The molecule has 0 radical (unpaired) electrons. The van der Waals surface area contributed by atoms with Gasteiger partial charge in [-0.25, -0.2) is 23.2 Å². The molecule has 35 heavy (non-hydrogen) atoms. The van der Waals surface area contributed by atoms with Crippen LogP contribution >= 0.6 is 15.9 Å². The number of hydrogen-bond donors (Lipinski definition) is 1. The SMILES string of the molecule is CC(=O)NC[C@H]1CN(c2cc(F)c(N3CCn4c(=O)c5cc(Br)cnc5n4CC3)c(F)c2)C(=O)O1. The van der Waals surface area contributed by atoms with Gasteiger partial charge in [0.15, 0.2) is 17.3 Å². The second kappa shape index (κ2) is 8.95. The number of cyclic esters (lactones) is 1. The molecule has 0 unspecified atom stereocenters. The molecule has 1 aromatic carbocycles. The van der Waals surface area contributed by atoms with Crippen LogP contribution in [0.5, 0.6) is 0 Å². The van der Waals surface area contributed by atoms with Gasteiger partial charge in [-0.2, -0.15) is 0 Å². The highest BCUT2D eigenvalue weighted by Gasteiger charge is 2.34. The molecule has 2 aliphatic rings. The van der Waals surface area contributed by atoms with Crippen LogP contribution in [0, 0.1) is 11.6 Å². The van der Waals surface area contributed by atoms with Crippen molar-refractivity contribution >= 4 is 50.3 Å². The summed E-state index contributed by atoms with van der Waals surface area (Å²) in [5, 5.41) is 3.03. The molecular formula is C22H21BrF2N6O4. The van der Waals surface area contributed by atoms with Gasteiger partial charge in [-0.3, -0.25) is 19.2 Å². The highest BCUT2D eigenvalue weighted by molar-refractivity contribution is 9.10. The number of halogens is 3. The lowest BCUT2D eigenvalue weighted by Gasteiger charge is -2.24. The lowest BCUT2D eigenvalue weighted by atomic mass is 10.2. The number of ether oxygens (including phenoxy) is 1. The number of fused-ring (bicyclic) bond motifs is 3. The highest BCUT2D eigenvalue weighted by atomic mass is 79.9. The molecule has 13 heteroatoms. The van der Waals surface area contributed by atoms with Crippen molar-refractivity contribution in [2.45, 2.75) is 26.1 Å². The summed E-state index contributed by atoms with van der Waals surface area (Å²) in [5.41, 5.74) is 0.0954. The minimum Gasteiger partial charge on any atom is -0.442 e. The minimum atomic E-state index is -0.830. The summed E-state index contributed by atoms with van der Waals surface area (Å²) in [6, 6.07) is 3.89. The van der Waals surface area contributed by atoms with Gasteiger partial charge in [-0.1, -0.05) is 0 Å². The molecule has 184 valence electrons. The molecule has 1 N–H and O–H groups in total. The molecule has 2 aromatic heterocycles. The molecule has 2 amide bonds. The first-order chi connectivity index (χ1) is 16.7. The maximum Gasteiger partial charge on any atom is 0.414 e. The fraction of sp³-hybridized carbons (Fsp3) is 0.364. The van der Waals surface area contributed by atoms with Crippen LogP contribution < -0.4 is 20.7 Å². The number of pyridine rings is 1. The first kappa shape index (κ1) is 23.3. The number of benzene rings is 1. The van der Waals surface area contributed by atoms with Crippen LogP contribution in [-0.2, 0) is 22.6 Å². The zero-order chi connectivity index (χ0) is 24.9. The highest BCUT2D eigenvalue weighted by Crippen LogP contribution is 2.31. The quantitative estimate of drug-likeness (QED) is 0.534. The van der Waals surface area contributed by atoms with Crippen LogP contribution in [0.15, 0.2) is 33.7 Å². The summed E-state index contributed by atoms with van der Waals surface area (Å²) >= 11 is 3.32. The second-order valence-electron chi connectivity index (χ2n) is 8.37. The zero-order valence-electron chi connectivity index (χ0n) is 18.6. The molecule has 0 aliphatic carbocycles. The number of nitrogens with one attached hydrogen (secondary N) is 1. The van der Waals surface area contributed by atoms with E-state index in [1.807, 2.05) is 0 Å². The zero-order valence-corrected chi connectivity index (χ0v) is 20.2. The topological polar surface area (TPSA) is 102 Å². The van der Waals surface area contributed by atoms with E-state index in [0.29, 0.717) is 22.1 Å². The standard InChI is InChI=1S/C22H21BrF2N6O4/c1-12(32)26-10-15-11-29(22(34)35-15)14-7-17(24)19(18(25)8-14)28-2-4-30-20-16(6-13(23)9-27-20)21(33)31(30)5-3-28/h6-9,15H,2-5,10-11H2,1H3,(H,26,32)/t15-/m0/s1. The van der Waals surface area contributed by atoms with Gasteiger partial charge in [0, 0.05) is 42.8 Å². The first-order valence-corrected chi connectivity index (χ1v) is 11.7. The van der Waals surface area contributed by atoms with E-state index in [-0.39, 0.29) is 55.6 Å². The van der Waals surface area contributed by atoms with Crippen molar-refractivity contribution in [1.82, 2.24) is 19.7 Å². The summed E-state index contributed by atoms with van der Waals surface area (Å²) in [6.07, 6.45) is 0.229. The number of carbonyl (C=O) groups is 2. The van der Waals surface area contributed by atoms with E-state index in [2.05, 4.69) is 26.2 Å². The first-order valence-electron chi connectivity index (χ1n) is 10.9. The van der Waals surface area contributed by atoms with Gasteiger partial charge in [0.25, 0.3) is 5.56 Å². The van der Waals surface area contributed by atoms with Crippen LogP contribution in [0.25, 0.3) is 11.0 Å². The van der Waals surface area contributed by atoms with E-state index in [1.165, 1.54) is 11.6 Å². The van der Waals surface area contributed by atoms with Crippen molar-refractivity contribution in [2.24, 2.45) is 0 Å². The number of nitrogens with zero attached hydrogens (tertiary/aromatic N) is 5. The Balaban J connectivity index is 1.37. The summed E-state index contributed by atoms with van der Waals surface area (Å²) in [5.74, 6) is -1.93. The van der Waals surface area contributed by atoms with E-state index in [9.17, 15) is 14.4 Å². The Bertz CT molecular complexity index is 1380. The van der Waals surface area contributed by atoms with Gasteiger partial charge >= 0.3 is 6.09 Å². The van der Waals surface area contributed by atoms with E-state index in [0.717, 1.165) is 17.0 Å². The molecule has 2 aliphatic heterocycles. The third-order valence-corrected chi connectivity index (χ3v) is 6.51. The van der Waals surface area contributed by atoms with Crippen LogP contribution in [0.2, 0.25) is 0 Å². The normalized spacial score (nSPS) is 17.9. The van der Waals surface area contributed by atoms with E-state index >= 15 is 8.78 Å². The fourth-order valence-corrected chi connectivity index (χ4v) is 4.81. The number of anilines is 2. The van der Waals surface area contributed by atoms with Gasteiger partial charge < -0.3 is 15.0 Å². The molecule has 0 spiro atoms. The Labute approximate surface area is 206 Å². The molecule has 10 nitrogen and oxygen atoms in total. The lowest BCUT2D eigenvalue weighted by molar-refractivity contribution is -0.119. The molecule has 3 aromatic rings. The number of aromatic nitrogens is 3. The number of amides is 2. The Kier molecular flexibility index (Phi) is 5.95. The van der Waals surface area contributed by atoms with Crippen molar-refractivity contribution in [1.29, 1.82) is 0 Å². The van der Waals surface area contributed by atoms with E-state index in [4.69, 9.17) is 4.74 Å². The summed E-state index contributed by atoms with van der Waals surface area (Å²) in [4.78, 5) is 43.2. The van der Waals surface area contributed by atoms with Crippen molar-refractivity contribution in [2.75, 3.05) is 36.0 Å². The Hall–Kier alpha value is -3.48. The predicted octanol–water partition coefficient (Wildman–Crippen LogP) is 2.22. The molecular weight excluding hydrogens is 530 g/mol. The molecule has 1 saturated heterocycles. The smallest absolute Gasteiger partial charge is 0.414 e. The molecule has 5 rings (SSSR count). The van der Waals surface area contributed by atoms with Crippen molar-refractivity contribution in [3.8, 4) is 0 Å².